The first-order valence-corrected chi connectivity index (χ1v) is 12.3. The van der Waals surface area contributed by atoms with Crippen molar-refractivity contribution in [1.29, 1.82) is 0 Å². The molecule has 26 heavy (non-hydrogen) atoms. The Labute approximate surface area is 159 Å². The quantitative estimate of drug-likeness (QED) is 0.527. The molecule has 0 nitrogen and oxygen atoms in total. The van der Waals surface area contributed by atoms with Gasteiger partial charge in [-0.3, -0.25) is 0 Å². The molecule has 0 unspecified atom stereocenters. The van der Waals surface area contributed by atoms with E-state index in [4.69, 9.17) is 0 Å². The summed E-state index contributed by atoms with van der Waals surface area (Å²) >= 11 is 0. The number of rotatable bonds is 5. The topological polar surface area (TPSA) is 0 Å². The van der Waals surface area contributed by atoms with Crippen molar-refractivity contribution in [1.82, 2.24) is 0 Å². The summed E-state index contributed by atoms with van der Waals surface area (Å²) in [7, 11) is 0. The molecule has 0 amide bonds. The maximum atomic E-state index is 2.41. The monoisotopic (exact) mass is 362 g/mol. The van der Waals surface area contributed by atoms with Crippen LogP contribution in [0, 0.1) is 20.8 Å². The van der Waals surface area contributed by atoms with Gasteiger partial charge < -0.3 is 0 Å². The molecule has 0 N–H and O–H groups in total. The van der Waals surface area contributed by atoms with E-state index in [1.54, 1.807) is 15.9 Å². The molecule has 0 spiro atoms. The van der Waals surface area contributed by atoms with E-state index in [9.17, 15) is 0 Å². The summed E-state index contributed by atoms with van der Waals surface area (Å²) in [5.41, 5.74) is 4.25. The van der Waals surface area contributed by atoms with Gasteiger partial charge in [-0.25, -0.2) is 0 Å². The van der Waals surface area contributed by atoms with Gasteiger partial charge in [0, 0.05) is 0 Å². The Balaban J connectivity index is 2.61. The zero-order valence-electron chi connectivity index (χ0n) is 16.8. The first kappa shape index (κ1) is 18.9. The molecule has 136 valence electrons. The van der Waals surface area contributed by atoms with Gasteiger partial charge in [0.15, 0.2) is 0 Å². The fraction of sp³-hybridized carbons (Fsp3) is 0.280. The van der Waals surface area contributed by atoms with Gasteiger partial charge in [0.2, 0.25) is 0 Å². The number of aryl methyl sites for hydroxylation is 3. The van der Waals surface area contributed by atoms with E-state index < -0.39 is 6.60 Å². The molecule has 0 aliphatic carbocycles. The zero-order chi connectivity index (χ0) is 18.8. The first-order valence-electron chi connectivity index (χ1n) is 9.70. The summed E-state index contributed by atoms with van der Waals surface area (Å²) in [6, 6.07) is 27.3. The standard InChI is InChI=1S/C25H31P/c1-6-26(7-2,23-17-11-8-14-20(23)3,24-18-12-9-15-21(24)4)25-19-13-10-16-22(25)5/h8-19H,6-7H2,1-5H3. The summed E-state index contributed by atoms with van der Waals surface area (Å²) in [4.78, 5) is 0. The molecule has 0 saturated heterocycles. The molecule has 0 aliphatic rings. The zero-order valence-corrected chi connectivity index (χ0v) is 17.7. The van der Waals surface area contributed by atoms with E-state index in [1.807, 2.05) is 0 Å². The number of hydrogen-bond donors (Lipinski definition) is 0. The van der Waals surface area contributed by atoms with Gasteiger partial charge in [-0.2, -0.15) is 0 Å². The van der Waals surface area contributed by atoms with Crippen molar-refractivity contribution in [2.24, 2.45) is 0 Å². The van der Waals surface area contributed by atoms with Crippen LogP contribution in [0.15, 0.2) is 72.8 Å². The molecule has 0 atom stereocenters. The van der Waals surface area contributed by atoms with E-state index in [0.717, 1.165) is 12.3 Å². The SMILES string of the molecule is CCP(CC)(c1ccccc1C)(c1ccccc1C)c1ccccc1C. The number of hydrogen-bond acceptors (Lipinski definition) is 0. The van der Waals surface area contributed by atoms with Crippen LogP contribution in [0.2, 0.25) is 0 Å². The van der Waals surface area contributed by atoms with Crippen molar-refractivity contribution >= 4 is 22.5 Å². The Kier molecular flexibility index (Phi) is 5.09. The molecule has 1 heteroatoms. The third-order valence-corrected chi connectivity index (χ3v) is 14.3. The Morgan fingerprint density at radius 3 is 1.00 bits per heavy atom. The summed E-state index contributed by atoms with van der Waals surface area (Å²) in [6.07, 6.45) is 2.31. The summed E-state index contributed by atoms with van der Waals surface area (Å²) in [5, 5.41) is 4.69. The van der Waals surface area contributed by atoms with Gasteiger partial charge in [-0.1, -0.05) is 0 Å². The van der Waals surface area contributed by atoms with E-state index in [1.165, 1.54) is 16.7 Å². The second-order valence-electron chi connectivity index (χ2n) is 7.50. The molecule has 0 bridgehead atoms. The van der Waals surface area contributed by atoms with Gasteiger partial charge in [0.1, 0.15) is 0 Å². The predicted octanol–water partition coefficient (Wildman–Crippen LogP) is 5.48. The molecule has 0 fully saturated rings. The maximum absolute atomic E-state index is 2.57. The van der Waals surface area contributed by atoms with Crippen LogP contribution in [0.5, 0.6) is 0 Å². The molecule has 0 saturated carbocycles. The van der Waals surface area contributed by atoms with Crippen molar-refractivity contribution in [3.05, 3.63) is 89.5 Å². The van der Waals surface area contributed by atoms with Crippen LogP contribution in [-0.4, -0.2) is 12.3 Å². The minimum absolute atomic E-state index is 1.16. The van der Waals surface area contributed by atoms with Gasteiger partial charge in [-0.15, -0.1) is 0 Å². The van der Waals surface area contributed by atoms with E-state index in [0.29, 0.717) is 0 Å². The molecule has 3 rings (SSSR count). The number of benzene rings is 3. The minimum atomic E-state index is -2.57. The molecule has 0 aromatic heterocycles. The second kappa shape index (κ2) is 7.01. The van der Waals surface area contributed by atoms with Crippen molar-refractivity contribution in [2.45, 2.75) is 34.6 Å². The van der Waals surface area contributed by atoms with Crippen LogP contribution in [0.1, 0.15) is 30.5 Å². The Hall–Kier alpha value is -1.91. The average Bonchev–Trinajstić information content (AvgIpc) is 2.67. The molecule has 0 aliphatic heterocycles. The normalized spacial score (nSPS) is 13.2. The molecular weight excluding hydrogens is 331 g/mol. The molecule has 3 aromatic rings. The van der Waals surface area contributed by atoms with Gasteiger partial charge in [-0.05, 0) is 0 Å². The van der Waals surface area contributed by atoms with E-state index >= 15 is 0 Å². The van der Waals surface area contributed by atoms with E-state index in [2.05, 4.69) is 107 Å². The van der Waals surface area contributed by atoms with Crippen LogP contribution in [0.3, 0.4) is 0 Å². The first-order chi connectivity index (χ1) is 12.5. The fourth-order valence-electron chi connectivity index (χ4n) is 5.14. The van der Waals surface area contributed by atoms with Gasteiger partial charge in [0.25, 0.3) is 0 Å². The third kappa shape index (κ3) is 2.47. The van der Waals surface area contributed by atoms with Gasteiger partial charge in [0.05, 0.1) is 0 Å². The molecule has 0 heterocycles. The van der Waals surface area contributed by atoms with Crippen LogP contribution in [0.4, 0.5) is 0 Å². The predicted molar refractivity (Wildman–Crippen MR) is 120 cm³/mol. The Morgan fingerprint density at radius 2 is 0.769 bits per heavy atom. The van der Waals surface area contributed by atoms with Crippen molar-refractivity contribution in [2.75, 3.05) is 12.3 Å². The van der Waals surface area contributed by atoms with Crippen LogP contribution >= 0.6 is 6.60 Å². The summed E-state index contributed by atoms with van der Waals surface area (Å²) in [5.74, 6) is 0. The van der Waals surface area contributed by atoms with Crippen LogP contribution in [-0.2, 0) is 0 Å². The Bertz CT molecular complexity index is 801. The second-order valence-corrected chi connectivity index (χ2v) is 13.2. The molecule has 0 radical (unpaired) electrons. The van der Waals surface area contributed by atoms with E-state index in [-0.39, 0.29) is 0 Å². The van der Waals surface area contributed by atoms with Crippen molar-refractivity contribution in [3.63, 3.8) is 0 Å². The third-order valence-electron chi connectivity index (χ3n) is 6.49. The van der Waals surface area contributed by atoms with Crippen LogP contribution in [0.25, 0.3) is 0 Å². The van der Waals surface area contributed by atoms with Crippen molar-refractivity contribution < 1.29 is 0 Å². The molecule has 3 aromatic carbocycles. The average molecular weight is 362 g/mol. The van der Waals surface area contributed by atoms with Crippen LogP contribution < -0.4 is 15.9 Å². The summed E-state index contributed by atoms with van der Waals surface area (Å²) in [6.45, 7) is 9.12. The Morgan fingerprint density at radius 1 is 0.500 bits per heavy atom. The van der Waals surface area contributed by atoms with Crippen molar-refractivity contribution in [3.8, 4) is 0 Å². The fourth-order valence-corrected chi connectivity index (χ4v) is 12.5. The molecular formula is C25H31P. The van der Waals surface area contributed by atoms with Gasteiger partial charge >= 0.3 is 159 Å². The summed E-state index contributed by atoms with van der Waals surface area (Å²) < 4.78 is 0.